The summed E-state index contributed by atoms with van der Waals surface area (Å²) >= 11 is 0. The molecule has 1 heterocycles. The normalized spacial score (nSPS) is 14.7. The molecule has 1 amide bonds. The monoisotopic (exact) mass is 333 g/mol. The predicted octanol–water partition coefficient (Wildman–Crippen LogP) is 3.06. The van der Waals surface area contributed by atoms with Gasteiger partial charge in [0.15, 0.2) is 0 Å². The predicted molar refractivity (Wildman–Crippen MR) is 97.1 cm³/mol. The second-order valence-corrected chi connectivity index (χ2v) is 6.44. The zero-order valence-electron chi connectivity index (χ0n) is 13.8. The van der Waals surface area contributed by atoms with E-state index in [9.17, 15) is 9.59 Å². The van der Waals surface area contributed by atoms with Gasteiger partial charge in [0.05, 0.1) is 16.6 Å². The first-order valence-electron chi connectivity index (χ1n) is 8.60. The number of carbonyl (C=O) groups is 1. The van der Waals surface area contributed by atoms with E-state index in [1.807, 2.05) is 30.3 Å². The molecule has 5 heteroatoms. The summed E-state index contributed by atoms with van der Waals surface area (Å²) in [6, 6.07) is 14.7. The van der Waals surface area contributed by atoms with Crippen LogP contribution in [0.4, 0.5) is 0 Å². The van der Waals surface area contributed by atoms with Crippen LogP contribution in [0.2, 0.25) is 0 Å². The number of para-hydroxylation sites is 1. The van der Waals surface area contributed by atoms with Crippen molar-refractivity contribution in [3.63, 3.8) is 0 Å². The lowest BCUT2D eigenvalue weighted by Crippen LogP contribution is -2.32. The molecule has 5 nitrogen and oxygen atoms in total. The van der Waals surface area contributed by atoms with Gasteiger partial charge >= 0.3 is 0 Å². The third-order valence-electron chi connectivity index (χ3n) is 4.75. The first-order chi connectivity index (χ1) is 12.2. The summed E-state index contributed by atoms with van der Waals surface area (Å²) in [5.41, 5.74) is 1.71. The maximum Gasteiger partial charge on any atom is 0.265 e. The maximum atomic E-state index is 12.7. The van der Waals surface area contributed by atoms with E-state index in [4.69, 9.17) is 0 Å². The van der Waals surface area contributed by atoms with Crippen LogP contribution in [0.25, 0.3) is 16.6 Å². The topological polar surface area (TPSA) is 64.0 Å². The Morgan fingerprint density at radius 3 is 2.60 bits per heavy atom. The van der Waals surface area contributed by atoms with Gasteiger partial charge in [-0.1, -0.05) is 31.0 Å². The largest absolute Gasteiger partial charge is 0.349 e. The Kier molecular flexibility index (Phi) is 4.06. The van der Waals surface area contributed by atoms with E-state index in [2.05, 4.69) is 10.3 Å². The fraction of sp³-hybridized carbons (Fsp3) is 0.250. The molecule has 2 aromatic carbocycles. The van der Waals surface area contributed by atoms with E-state index < -0.39 is 0 Å². The number of benzene rings is 2. The van der Waals surface area contributed by atoms with Crippen molar-refractivity contribution in [1.82, 2.24) is 14.9 Å². The highest BCUT2D eigenvalue weighted by Crippen LogP contribution is 2.19. The van der Waals surface area contributed by atoms with E-state index in [1.165, 1.54) is 23.7 Å². The summed E-state index contributed by atoms with van der Waals surface area (Å²) < 4.78 is 1.51. The summed E-state index contributed by atoms with van der Waals surface area (Å²) in [5.74, 6) is -0.0946. The quantitative estimate of drug-likeness (QED) is 0.801. The second kappa shape index (κ2) is 6.51. The van der Waals surface area contributed by atoms with E-state index in [0.717, 1.165) is 18.5 Å². The first kappa shape index (κ1) is 15.6. The van der Waals surface area contributed by atoms with Crippen LogP contribution in [0, 0.1) is 0 Å². The number of nitrogens with one attached hydrogen (secondary N) is 1. The Hall–Kier alpha value is -2.95. The van der Waals surface area contributed by atoms with Crippen molar-refractivity contribution in [3.05, 3.63) is 70.8 Å². The average molecular weight is 333 g/mol. The molecule has 4 rings (SSSR count). The molecule has 1 aliphatic carbocycles. The standard InChI is InChI=1S/C20H19N3O2/c24-19(22-15-6-4-5-7-15)14-10-11-17-18(12-14)21-13-23(20(17)25)16-8-2-1-3-9-16/h1-3,8-13,15H,4-7H2,(H,22,24). The van der Waals surface area contributed by atoms with Gasteiger partial charge in [-0.2, -0.15) is 0 Å². The van der Waals surface area contributed by atoms with Crippen LogP contribution in [-0.2, 0) is 0 Å². The van der Waals surface area contributed by atoms with E-state index in [1.54, 1.807) is 18.2 Å². The van der Waals surface area contributed by atoms with Crippen LogP contribution >= 0.6 is 0 Å². The number of rotatable bonds is 3. The smallest absolute Gasteiger partial charge is 0.265 e. The minimum Gasteiger partial charge on any atom is -0.349 e. The second-order valence-electron chi connectivity index (χ2n) is 6.44. The molecule has 1 aromatic heterocycles. The third-order valence-corrected chi connectivity index (χ3v) is 4.75. The molecule has 0 spiro atoms. The van der Waals surface area contributed by atoms with Crippen molar-refractivity contribution in [1.29, 1.82) is 0 Å². The van der Waals surface area contributed by atoms with Crippen molar-refractivity contribution < 1.29 is 4.79 Å². The number of hydrogen-bond acceptors (Lipinski definition) is 3. The summed E-state index contributed by atoms with van der Waals surface area (Å²) in [6.07, 6.45) is 5.93. The van der Waals surface area contributed by atoms with Crippen LogP contribution in [0.3, 0.4) is 0 Å². The number of nitrogens with zero attached hydrogens (tertiary/aromatic N) is 2. The molecular weight excluding hydrogens is 314 g/mol. The van der Waals surface area contributed by atoms with Crippen molar-refractivity contribution in [2.45, 2.75) is 31.7 Å². The van der Waals surface area contributed by atoms with E-state index >= 15 is 0 Å². The van der Waals surface area contributed by atoms with Crippen molar-refractivity contribution in [3.8, 4) is 5.69 Å². The Morgan fingerprint density at radius 1 is 1.08 bits per heavy atom. The number of amides is 1. The highest BCUT2D eigenvalue weighted by molar-refractivity contribution is 5.97. The lowest BCUT2D eigenvalue weighted by atomic mass is 10.1. The molecule has 0 saturated heterocycles. The van der Waals surface area contributed by atoms with Gasteiger partial charge in [0.1, 0.15) is 6.33 Å². The molecule has 1 N–H and O–H groups in total. The lowest BCUT2D eigenvalue weighted by molar-refractivity contribution is 0.0938. The summed E-state index contributed by atoms with van der Waals surface area (Å²) in [7, 11) is 0. The zero-order chi connectivity index (χ0) is 17.2. The highest BCUT2D eigenvalue weighted by atomic mass is 16.1. The highest BCUT2D eigenvalue weighted by Gasteiger charge is 2.18. The van der Waals surface area contributed by atoms with Gasteiger partial charge < -0.3 is 5.32 Å². The number of hydrogen-bond donors (Lipinski definition) is 1. The number of fused-ring (bicyclic) bond motifs is 1. The Morgan fingerprint density at radius 2 is 1.84 bits per heavy atom. The molecule has 1 saturated carbocycles. The Balaban J connectivity index is 1.68. The van der Waals surface area contributed by atoms with Gasteiger partial charge in [-0.25, -0.2) is 4.98 Å². The summed E-state index contributed by atoms with van der Waals surface area (Å²) in [6.45, 7) is 0. The van der Waals surface area contributed by atoms with E-state index in [-0.39, 0.29) is 17.5 Å². The molecular formula is C20H19N3O2. The lowest BCUT2D eigenvalue weighted by Gasteiger charge is -2.12. The molecule has 0 bridgehead atoms. The van der Waals surface area contributed by atoms with Crippen LogP contribution < -0.4 is 10.9 Å². The van der Waals surface area contributed by atoms with Crippen LogP contribution in [-0.4, -0.2) is 21.5 Å². The minimum absolute atomic E-state index is 0.0946. The molecule has 126 valence electrons. The summed E-state index contributed by atoms with van der Waals surface area (Å²) in [4.78, 5) is 29.5. The molecule has 1 aliphatic rings. The zero-order valence-corrected chi connectivity index (χ0v) is 13.8. The molecule has 0 unspecified atom stereocenters. The Labute approximate surface area is 145 Å². The minimum atomic E-state index is -0.140. The SMILES string of the molecule is O=C(NC1CCCC1)c1ccc2c(=O)n(-c3ccccc3)cnc2c1. The van der Waals surface area contributed by atoms with Gasteiger partial charge in [0, 0.05) is 11.6 Å². The van der Waals surface area contributed by atoms with Gasteiger partial charge in [-0.3, -0.25) is 14.2 Å². The van der Waals surface area contributed by atoms with Crippen molar-refractivity contribution >= 4 is 16.8 Å². The molecule has 3 aromatic rings. The van der Waals surface area contributed by atoms with Crippen LogP contribution in [0.5, 0.6) is 0 Å². The number of aromatic nitrogens is 2. The molecule has 1 fully saturated rings. The van der Waals surface area contributed by atoms with Crippen LogP contribution in [0.1, 0.15) is 36.0 Å². The van der Waals surface area contributed by atoms with E-state index in [0.29, 0.717) is 16.5 Å². The fourth-order valence-corrected chi connectivity index (χ4v) is 3.37. The third kappa shape index (κ3) is 3.05. The molecule has 0 aliphatic heterocycles. The first-order valence-corrected chi connectivity index (χ1v) is 8.60. The fourth-order valence-electron chi connectivity index (χ4n) is 3.37. The average Bonchev–Trinajstić information content (AvgIpc) is 3.15. The van der Waals surface area contributed by atoms with Crippen molar-refractivity contribution in [2.75, 3.05) is 0 Å². The van der Waals surface area contributed by atoms with Crippen molar-refractivity contribution in [2.24, 2.45) is 0 Å². The van der Waals surface area contributed by atoms with Gasteiger partial charge in [0.25, 0.3) is 11.5 Å². The maximum absolute atomic E-state index is 12.7. The summed E-state index contributed by atoms with van der Waals surface area (Å²) in [5, 5.41) is 3.57. The molecule has 25 heavy (non-hydrogen) atoms. The molecule has 0 radical (unpaired) electrons. The van der Waals surface area contributed by atoms with Gasteiger partial charge in [-0.15, -0.1) is 0 Å². The van der Waals surface area contributed by atoms with Gasteiger partial charge in [-0.05, 0) is 43.2 Å². The molecule has 0 atom stereocenters. The van der Waals surface area contributed by atoms with Crippen LogP contribution in [0.15, 0.2) is 59.7 Å². The number of carbonyl (C=O) groups excluding carboxylic acids is 1. The van der Waals surface area contributed by atoms with Gasteiger partial charge in [0.2, 0.25) is 0 Å². The Bertz CT molecular complexity index is 973.